The predicted molar refractivity (Wildman–Crippen MR) is 89.3 cm³/mol. The lowest BCUT2D eigenvalue weighted by atomic mass is 10.1. The monoisotopic (exact) mass is 351 g/mol. The standard InChI is InChI=1S/C19H20F3NO2/c1-12-7-8-17(9-13(12)2)25-14(3)18(24)23-11-15-5-4-6-16(10-15)19(20,21)22/h4-10,14H,11H2,1-3H3,(H,23,24)/t14-/m0/s1. The van der Waals surface area contributed by atoms with E-state index in [1.165, 1.54) is 12.1 Å². The quantitative estimate of drug-likeness (QED) is 0.867. The minimum atomic E-state index is -4.40. The lowest BCUT2D eigenvalue weighted by Crippen LogP contribution is -2.35. The van der Waals surface area contributed by atoms with Gasteiger partial charge in [0.15, 0.2) is 6.10 Å². The van der Waals surface area contributed by atoms with Gasteiger partial charge in [-0.25, -0.2) is 0 Å². The number of hydrogen-bond acceptors (Lipinski definition) is 2. The summed E-state index contributed by atoms with van der Waals surface area (Å²) < 4.78 is 43.7. The Hall–Kier alpha value is -2.50. The highest BCUT2D eigenvalue weighted by Crippen LogP contribution is 2.29. The molecule has 0 radical (unpaired) electrons. The summed E-state index contributed by atoms with van der Waals surface area (Å²) in [6.07, 6.45) is -5.16. The van der Waals surface area contributed by atoms with Gasteiger partial charge in [0.2, 0.25) is 0 Å². The lowest BCUT2D eigenvalue weighted by molar-refractivity contribution is -0.137. The van der Waals surface area contributed by atoms with E-state index in [9.17, 15) is 18.0 Å². The van der Waals surface area contributed by atoms with Gasteiger partial charge in [0.05, 0.1) is 5.56 Å². The van der Waals surface area contributed by atoms with Crippen LogP contribution >= 0.6 is 0 Å². The summed E-state index contributed by atoms with van der Waals surface area (Å²) in [5, 5.41) is 2.59. The van der Waals surface area contributed by atoms with Crippen LogP contribution in [0.5, 0.6) is 5.75 Å². The Labute approximate surface area is 144 Å². The SMILES string of the molecule is Cc1ccc(O[C@@H](C)C(=O)NCc2cccc(C(F)(F)F)c2)cc1C. The third kappa shape index (κ3) is 5.24. The molecule has 1 N–H and O–H groups in total. The molecule has 2 aromatic carbocycles. The van der Waals surface area contributed by atoms with Crippen LogP contribution in [-0.2, 0) is 17.5 Å². The van der Waals surface area contributed by atoms with Gasteiger partial charge < -0.3 is 10.1 Å². The molecule has 0 aliphatic carbocycles. The van der Waals surface area contributed by atoms with Crippen molar-refractivity contribution in [1.29, 1.82) is 0 Å². The van der Waals surface area contributed by atoms with E-state index in [4.69, 9.17) is 4.74 Å². The molecule has 1 amide bonds. The number of rotatable bonds is 5. The minimum absolute atomic E-state index is 0.00335. The van der Waals surface area contributed by atoms with Crippen molar-refractivity contribution in [2.75, 3.05) is 0 Å². The summed E-state index contributed by atoms with van der Waals surface area (Å²) in [5.41, 5.74) is 1.81. The Balaban J connectivity index is 1.94. The van der Waals surface area contributed by atoms with Crippen molar-refractivity contribution in [3.05, 3.63) is 64.7 Å². The van der Waals surface area contributed by atoms with E-state index < -0.39 is 23.8 Å². The Morgan fingerprint density at radius 2 is 1.84 bits per heavy atom. The first kappa shape index (κ1) is 18.8. The second-order valence-corrected chi connectivity index (χ2v) is 5.92. The Bertz CT molecular complexity index is 757. The van der Waals surface area contributed by atoms with Crippen molar-refractivity contribution >= 4 is 5.91 Å². The molecule has 2 aromatic rings. The highest BCUT2D eigenvalue weighted by Gasteiger charge is 2.30. The van der Waals surface area contributed by atoms with E-state index in [1.807, 2.05) is 26.0 Å². The molecule has 0 saturated carbocycles. The molecule has 25 heavy (non-hydrogen) atoms. The van der Waals surface area contributed by atoms with Crippen LogP contribution in [0.15, 0.2) is 42.5 Å². The number of benzene rings is 2. The zero-order chi connectivity index (χ0) is 18.6. The average Bonchev–Trinajstić information content (AvgIpc) is 2.55. The number of nitrogens with one attached hydrogen (secondary N) is 1. The molecule has 0 heterocycles. The normalized spacial score (nSPS) is 12.6. The van der Waals surface area contributed by atoms with E-state index in [1.54, 1.807) is 13.0 Å². The fourth-order valence-corrected chi connectivity index (χ4v) is 2.24. The number of alkyl halides is 3. The number of halogens is 3. The van der Waals surface area contributed by atoms with E-state index in [-0.39, 0.29) is 6.54 Å². The van der Waals surface area contributed by atoms with E-state index in [2.05, 4.69) is 5.32 Å². The molecule has 6 heteroatoms. The largest absolute Gasteiger partial charge is 0.481 e. The van der Waals surface area contributed by atoms with Gasteiger partial charge in [-0.3, -0.25) is 4.79 Å². The van der Waals surface area contributed by atoms with Crippen LogP contribution in [0.1, 0.15) is 29.2 Å². The summed E-state index contributed by atoms with van der Waals surface area (Å²) >= 11 is 0. The summed E-state index contributed by atoms with van der Waals surface area (Å²) in [5.74, 6) is 0.181. The van der Waals surface area contributed by atoms with Crippen molar-refractivity contribution in [1.82, 2.24) is 5.32 Å². The molecule has 3 nitrogen and oxygen atoms in total. The van der Waals surface area contributed by atoms with E-state index in [0.717, 1.165) is 23.3 Å². The number of hydrogen-bond donors (Lipinski definition) is 1. The molecule has 0 aliphatic rings. The van der Waals surface area contributed by atoms with Crippen LogP contribution in [0, 0.1) is 13.8 Å². The first-order valence-electron chi connectivity index (χ1n) is 7.84. The summed E-state index contributed by atoms with van der Waals surface area (Å²) in [4.78, 5) is 12.1. The average molecular weight is 351 g/mol. The maximum absolute atomic E-state index is 12.7. The molecular weight excluding hydrogens is 331 g/mol. The molecular formula is C19H20F3NO2. The number of carbonyl (C=O) groups is 1. The zero-order valence-electron chi connectivity index (χ0n) is 14.3. The summed E-state index contributed by atoms with van der Waals surface area (Å²) in [6.45, 7) is 5.52. The van der Waals surface area contributed by atoms with E-state index in [0.29, 0.717) is 11.3 Å². The van der Waals surface area contributed by atoms with Gasteiger partial charge in [0, 0.05) is 6.54 Å². The van der Waals surface area contributed by atoms with Gasteiger partial charge >= 0.3 is 6.18 Å². The van der Waals surface area contributed by atoms with Crippen LogP contribution in [0.3, 0.4) is 0 Å². The van der Waals surface area contributed by atoms with Crippen LogP contribution in [0.25, 0.3) is 0 Å². The lowest BCUT2D eigenvalue weighted by Gasteiger charge is -2.16. The third-order valence-corrected chi connectivity index (χ3v) is 3.88. The summed E-state index contributed by atoms with van der Waals surface area (Å²) in [6, 6.07) is 10.4. The van der Waals surface area contributed by atoms with Crippen molar-refractivity contribution in [2.45, 2.75) is 39.6 Å². The van der Waals surface area contributed by atoms with Crippen LogP contribution < -0.4 is 10.1 Å². The van der Waals surface area contributed by atoms with Crippen molar-refractivity contribution < 1.29 is 22.7 Å². The van der Waals surface area contributed by atoms with Crippen LogP contribution in [-0.4, -0.2) is 12.0 Å². The van der Waals surface area contributed by atoms with Crippen LogP contribution in [0.4, 0.5) is 13.2 Å². The molecule has 0 saturated heterocycles. The van der Waals surface area contributed by atoms with E-state index >= 15 is 0 Å². The molecule has 0 fully saturated rings. The number of aryl methyl sites for hydroxylation is 2. The Morgan fingerprint density at radius 3 is 2.48 bits per heavy atom. The Kier molecular flexibility index (Phi) is 5.72. The number of ether oxygens (including phenoxy) is 1. The van der Waals surface area contributed by atoms with Crippen molar-refractivity contribution in [3.8, 4) is 5.75 Å². The molecule has 0 spiro atoms. The van der Waals surface area contributed by atoms with Gasteiger partial charge in [0.1, 0.15) is 5.75 Å². The molecule has 1 atom stereocenters. The maximum Gasteiger partial charge on any atom is 0.416 e. The first-order chi connectivity index (χ1) is 11.7. The maximum atomic E-state index is 12.7. The molecule has 2 rings (SSSR count). The first-order valence-corrected chi connectivity index (χ1v) is 7.84. The minimum Gasteiger partial charge on any atom is -0.481 e. The van der Waals surface area contributed by atoms with Crippen molar-refractivity contribution in [2.24, 2.45) is 0 Å². The second kappa shape index (κ2) is 7.59. The molecule has 0 unspecified atom stereocenters. The van der Waals surface area contributed by atoms with Gasteiger partial charge in [-0.2, -0.15) is 13.2 Å². The van der Waals surface area contributed by atoms with Gasteiger partial charge in [-0.05, 0) is 61.7 Å². The molecule has 0 aromatic heterocycles. The zero-order valence-corrected chi connectivity index (χ0v) is 14.3. The highest BCUT2D eigenvalue weighted by atomic mass is 19.4. The summed E-state index contributed by atoms with van der Waals surface area (Å²) in [7, 11) is 0. The number of amides is 1. The van der Waals surface area contributed by atoms with Crippen molar-refractivity contribution in [3.63, 3.8) is 0 Å². The second-order valence-electron chi connectivity index (χ2n) is 5.92. The molecule has 0 aliphatic heterocycles. The van der Waals surface area contributed by atoms with Gasteiger partial charge in [-0.1, -0.05) is 18.2 Å². The van der Waals surface area contributed by atoms with Crippen LogP contribution in [0.2, 0.25) is 0 Å². The third-order valence-electron chi connectivity index (χ3n) is 3.88. The van der Waals surface area contributed by atoms with Gasteiger partial charge in [-0.15, -0.1) is 0 Å². The van der Waals surface area contributed by atoms with Gasteiger partial charge in [0.25, 0.3) is 5.91 Å². The highest BCUT2D eigenvalue weighted by molar-refractivity contribution is 5.80. The fourth-order valence-electron chi connectivity index (χ4n) is 2.24. The number of carbonyl (C=O) groups excluding carboxylic acids is 1. The molecule has 0 bridgehead atoms. The molecule has 134 valence electrons. The Morgan fingerprint density at radius 1 is 1.12 bits per heavy atom. The topological polar surface area (TPSA) is 38.3 Å². The predicted octanol–water partition coefficient (Wildman–Crippen LogP) is 4.41. The fraction of sp³-hybridized carbons (Fsp3) is 0.316. The smallest absolute Gasteiger partial charge is 0.416 e.